The van der Waals surface area contributed by atoms with Crippen LogP contribution in [0.1, 0.15) is 55.8 Å². The van der Waals surface area contributed by atoms with E-state index >= 15 is 0 Å². The van der Waals surface area contributed by atoms with Crippen molar-refractivity contribution >= 4 is 33.2 Å². The first-order valence-electron chi connectivity index (χ1n) is 6.15. The van der Waals surface area contributed by atoms with Crippen molar-refractivity contribution in [2.45, 2.75) is 45.4 Å². The first-order valence-corrected chi connectivity index (χ1v) is 7.83. The maximum absolute atomic E-state index is 11.6. The van der Waals surface area contributed by atoms with E-state index in [2.05, 4.69) is 22.9 Å². The van der Waals surface area contributed by atoms with Crippen molar-refractivity contribution in [3.8, 4) is 0 Å². The molecule has 96 valence electrons. The lowest BCUT2D eigenvalue weighted by molar-refractivity contribution is 0.0497. The minimum absolute atomic E-state index is 0.216. The number of carbonyl (C=O) groups is 1. The molecule has 0 aromatic carbocycles. The zero-order valence-corrected chi connectivity index (χ0v) is 12.6. The van der Waals surface area contributed by atoms with Gasteiger partial charge in [-0.2, -0.15) is 0 Å². The van der Waals surface area contributed by atoms with Crippen LogP contribution in [-0.2, 0) is 4.74 Å². The van der Waals surface area contributed by atoms with Crippen LogP contribution in [0.25, 0.3) is 0 Å². The molecule has 0 aliphatic heterocycles. The second kappa shape index (κ2) is 8.70. The van der Waals surface area contributed by atoms with E-state index in [0.29, 0.717) is 12.2 Å². The number of carbonyl (C=O) groups excluding carboxylic acids is 1. The van der Waals surface area contributed by atoms with Gasteiger partial charge < -0.3 is 4.74 Å². The minimum Gasteiger partial charge on any atom is -0.462 e. The van der Waals surface area contributed by atoms with Gasteiger partial charge in [0.15, 0.2) is 0 Å². The molecule has 0 aliphatic rings. The average molecular weight is 319 g/mol. The lowest BCUT2D eigenvalue weighted by Gasteiger charge is -2.04. The van der Waals surface area contributed by atoms with E-state index in [1.807, 2.05) is 5.38 Å². The van der Waals surface area contributed by atoms with Gasteiger partial charge in [-0.3, -0.25) is 0 Å². The van der Waals surface area contributed by atoms with Crippen molar-refractivity contribution in [3.05, 3.63) is 20.8 Å². The standard InChI is InChI=1S/C13H19BrO2S/c1-2-3-4-5-6-7-9-16-13(15)11-8-10-17-12(11)14/h8,10H,2-7,9H2,1H3. The molecule has 0 N–H and O–H groups in total. The highest BCUT2D eigenvalue weighted by molar-refractivity contribution is 9.11. The Bertz CT molecular complexity index is 336. The van der Waals surface area contributed by atoms with E-state index in [9.17, 15) is 4.79 Å². The molecule has 17 heavy (non-hydrogen) atoms. The molecule has 0 unspecified atom stereocenters. The molecule has 4 heteroatoms. The average Bonchev–Trinajstić information content (AvgIpc) is 2.74. The summed E-state index contributed by atoms with van der Waals surface area (Å²) in [5, 5.41) is 1.88. The van der Waals surface area contributed by atoms with Gasteiger partial charge in [0, 0.05) is 0 Å². The van der Waals surface area contributed by atoms with E-state index in [1.54, 1.807) is 6.07 Å². The van der Waals surface area contributed by atoms with Crippen molar-refractivity contribution < 1.29 is 9.53 Å². The molecule has 0 bridgehead atoms. The number of rotatable bonds is 8. The number of hydrogen-bond acceptors (Lipinski definition) is 3. The first-order chi connectivity index (χ1) is 8.25. The summed E-state index contributed by atoms with van der Waals surface area (Å²) in [7, 11) is 0. The molecule has 0 spiro atoms. The van der Waals surface area contributed by atoms with Gasteiger partial charge in [-0.05, 0) is 33.8 Å². The monoisotopic (exact) mass is 318 g/mol. The van der Waals surface area contributed by atoms with Crippen LogP contribution in [0.5, 0.6) is 0 Å². The van der Waals surface area contributed by atoms with E-state index < -0.39 is 0 Å². The van der Waals surface area contributed by atoms with Crippen molar-refractivity contribution in [3.63, 3.8) is 0 Å². The van der Waals surface area contributed by atoms with Gasteiger partial charge in [0.2, 0.25) is 0 Å². The van der Waals surface area contributed by atoms with Crippen LogP contribution >= 0.6 is 27.3 Å². The fraction of sp³-hybridized carbons (Fsp3) is 0.615. The lowest BCUT2D eigenvalue weighted by atomic mass is 10.1. The van der Waals surface area contributed by atoms with Crippen molar-refractivity contribution in [2.24, 2.45) is 0 Å². The number of halogens is 1. The summed E-state index contributed by atoms with van der Waals surface area (Å²) < 4.78 is 6.06. The van der Waals surface area contributed by atoms with E-state index in [-0.39, 0.29) is 5.97 Å². The highest BCUT2D eigenvalue weighted by Crippen LogP contribution is 2.24. The Balaban J connectivity index is 2.07. The molecular formula is C13H19BrO2S. The van der Waals surface area contributed by atoms with Crippen molar-refractivity contribution in [2.75, 3.05) is 6.61 Å². The van der Waals surface area contributed by atoms with E-state index in [4.69, 9.17) is 4.74 Å². The van der Waals surface area contributed by atoms with Crippen LogP contribution in [0.3, 0.4) is 0 Å². The Morgan fingerprint density at radius 2 is 2.00 bits per heavy atom. The van der Waals surface area contributed by atoms with Crippen LogP contribution in [0.4, 0.5) is 0 Å². The smallest absolute Gasteiger partial charge is 0.340 e. The Morgan fingerprint density at radius 3 is 2.65 bits per heavy atom. The number of hydrogen-bond donors (Lipinski definition) is 0. The minimum atomic E-state index is -0.216. The second-order valence-corrected chi connectivity index (χ2v) is 6.25. The molecule has 1 aromatic rings. The molecular weight excluding hydrogens is 300 g/mol. The van der Waals surface area contributed by atoms with Crippen LogP contribution in [-0.4, -0.2) is 12.6 Å². The maximum atomic E-state index is 11.6. The molecule has 0 fully saturated rings. The molecule has 0 radical (unpaired) electrons. The third-order valence-electron chi connectivity index (χ3n) is 2.57. The van der Waals surface area contributed by atoms with Crippen LogP contribution in [0.15, 0.2) is 15.2 Å². The fourth-order valence-electron chi connectivity index (χ4n) is 1.56. The predicted octanol–water partition coefficient (Wildman–Crippen LogP) is 5.03. The summed E-state index contributed by atoms with van der Waals surface area (Å²) >= 11 is 4.84. The van der Waals surface area contributed by atoms with Crippen LogP contribution < -0.4 is 0 Å². The van der Waals surface area contributed by atoms with Gasteiger partial charge in [-0.25, -0.2) is 4.79 Å². The highest BCUT2D eigenvalue weighted by atomic mass is 79.9. The largest absolute Gasteiger partial charge is 0.462 e. The molecule has 2 nitrogen and oxygen atoms in total. The summed E-state index contributed by atoms with van der Waals surface area (Å²) in [6.07, 6.45) is 7.23. The Labute approximate surface area is 115 Å². The SMILES string of the molecule is CCCCCCCCOC(=O)c1ccsc1Br. The zero-order valence-electron chi connectivity index (χ0n) is 10.2. The Morgan fingerprint density at radius 1 is 1.29 bits per heavy atom. The molecule has 1 heterocycles. The molecule has 1 aromatic heterocycles. The summed E-state index contributed by atoms with van der Waals surface area (Å²) in [4.78, 5) is 11.6. The molecule has 1 rings (SSSR count). The highest BCUT2D eigenvalue weighted by Gasteiger charge is 2.11. The molecule has 0 saturated heterocycles. The van der Waals surface area contributed by atoms with Gasteiger partial charge in [0.05, 0.1) is 16.0 Å². The summed E-state index contributed by atoms with van der Waals surface area (Å²) in [6.45, 7) is 2.74. The maximum Gasteiger partial charge on any atom is 0.340 e. The fourth-order valence-corrected chi connectivity index (χ4v) is 2.78. The third-order valence-corrected chi connectivity index (χ3v) is 4.26. The molecule has 0 aliphatic carbocycles. The zero-order chi connectivity index (χ0) is 12.5. The quantitative estimate of drug-likeness (QED) is 0.496. The summed E-state index contributed by atoms with van der Waals surface area (Å²) in [5.74, 6) is -0.216. The lowest BCUT2D eigenvalue weighted by Crippen LogP contribution is -2.05. The number of esters is 1. The van der Waals surface area contributed by atoms with Gasteiger partial charge in [-0.1, -0.05) is 39.0 Å². The summed E-state index contributed by atoms with van der Waals surface area (Å²) in [5.41, 5.74) is 0.640. The predicted molar refractivity (Wildman–Crippen MR) is 75.7 cm³/mol. The number of ether oxygens (including phenoxy) is 1. The Kier molecular flexibility index (Phi) is 7.53. The van der Waals surface area contributed by atoms with Gasteiger partial charge >= 0.3 is 5.97 Å². The summed E-state index contributed by atoms with van der Waals surface area (Å²) in [6, 6.07) is 1.79. The van der Waals surface area contributed by atoms with E-state index in [0.717, 1.165) is 16.6 Å². The second-order valence-electron chi connectivity index (χ2n) is 4.01. The van der Waals surface area contributed by atoms with Gasteiger partial charge in [-0.15, -0.1) is 11.3 Å². The number of unbranched alkanes of at least 4 members (excludes halogenated alkanes) is 5. The van der Waals surface area contributed by atoms with Crippen molar-refractivity contribution in [1.29, 1.82) is 0 Å². The Hall–Kier alpha value is -0.350. The third kappa shape index (κ3) is 5.68. The first kappa shape index (κ1) is 14.7. The van der Waals surface area contributed by atoms with Crippen molar-refractivity contribution in [1.82, 2.24) is 0 Å². The molecule has 0 amide bonds. The number of thiophene rings is 1. The topological polar surface area (TPSA) is 26.3 Å². The normalized spacial score (nSPS) is 10.5. The molecule has 0 atom stereocenters. The van der Waals surface area contributed by atoms with Gasteiger partial charge in [0.25, 0.3) is 0 Å². The molecule has 0 saturated carbocycles. The van der Waals surface area contributed by atoms with Gasteiger partial charge in [0.1, 0.15) is 0 Å². The van der Waals surface area contributed by atoms with Crippen LogP contribution in [0.2, 0.25) is 0 Å². The van der Waals surface area contributed by atoms with Crippen LogP contribution in [0, 0.1) is 0 Å². The van der Waals surface area contributed by atoms with E-state index in [1.165, 1.54) is 37.0 Å².